The molecule has 0 aliphatic heterocycles. The van der Waals surface area contributed by atoms with Gasteiger partial charge in [0.2, 0.25) is 0 Å². The minimum atomic E-state index is 0.792. The van der Waals surface area contributed by atoms with Crippen molar-refractivity contribution in [3.63, 3.8) is 0 Å². The second-order valence-electron chi connectivity index (χ2n) is 3.97. The molecule has 0 amide bonds. The molecule has 0 spiro atoms. The van der Waals surface area contributed by atoms with Crippen LogP contribution in [0.4, 0.5) is 0 Å². The van der Waals surface area contributed by atoms with Gasteiger partial charge in [0, 0.05) is 23.3 Å². The third-order valence-corrected chi connectivity index (χ3v) is 3.37. The second-order valence-corrected chi connectivity index (χ2v) is 4.88. The average molecular weight is 255 g/mol. The van der Waals surface area contributed by atoms with Crippen LogP contribution in [-0.2, 0) is 6.54 Å². The Kier molecular flexibility index (Phi) is 3.19. The van der Waals surface area contributed by atoms with Crippen molar-refractivity contribution in [3.8, 4) is 0 Å². The quantitative estimate of drug-likeness (QED) is 0.825. The first-order valence-corrected chi connectivity index (χ1v) is 5.85. The summed E-state index contributed by atoms with van der Waals surface area (Å²) in [4.78, 5) is 6.77. The van der Waals surface area contributed by atoms with Gasteiger partial charge in [0.05, 0.1) is 5.69 Å². The van der Waals surface area contributed by atoms with Crippen molar-refractivity contribution in [2.24, 2.45) is 0 Å². The van der Waals surface area contributed by atoms with Crippen LogP contribution in [0.3, 0.4) is 0 Å². The summed E-state index contributed by atoms with van der Waals surface area (Å²) in [6, 6.07) is 4.93. The molecule has 1 aromatic heterocycles. The highest BCUT2D eigenvalue weighted by Crippen LogP contribution is 2.24. The molecule has 76 valence electrons. The van der Waals surface area contributed by atoms with Crippen LogP contribution < -0.4 is 0 Å². The first kappa shape index (κ1) is 10.1. The monoisotopic (exact) mass is 254 g/mol. The van der Waals surface area contributed by atoms with Crippen LogP contribution in [0.25, 0.3) is 0 Å². The molecule has 14 heavy (non-hydrogen) atoms. The summed E-state index contributed by atoms with van der Waals surface area (Å²) in [5, 5.41) is 0. The van der Waals surface area contributed by atoms with Crippen molar-refractivity contribution in [1.82, 2.24) is 9.88 Å². The van der Waals surface area contributed by atoms with E-state index in [-0.39, 0.29) is 0 Å². The van der Waals surface area contributed by atoms with E-state index in [2.05, 4.69) is 45.0 Å². The standard InChI is InChI=1S/C11H15BrN2/c1-14(11-3-2-4-11)8-10-6-5-9(12)7-13-10/h5-7,11H,2-4,8H2,1H3. The summed E-state index contributed by atoms with van der Waals surface area (Å²) in [6.45, 7) is 0.970. The highest BCUT2D eigenvalue weighted by Gasteiger charge is 2.21. The van der Waals surface area contributed by atoms with Crippen molar-refractivity contribution >= 4 is 15.9 Å². The molecule has 0 radical (unpaired) electrons. The molecule has 1 aliphatic rings. The lowest BCUT2D eigenvalue weighted by molar-refractivity contribution is 0.151. The van der Waals surface area contributed by atoms with Crippen molar-refractivity contribution < 1.29 is 0 Å². The highest BCUT2D eigenvalue weighted by molar-refractivity contribution is 9.10. The van der Waals surface area contributed by atoms with Crippen LogP contribution in [0.5, 0.6) is 0 Å². The Labute approximate surface area is 93.5 Å². The van der Waals surface area contributed by atoms with E-state index in [4.69, 9.17) is 0 Å². The summed E-state index contributed by atoms with van der Waals surface area (Å²) >= 11 is 3.39. The Bertz CT molecular complexity index is 293. The fourth-order valence-electron chi connectivity index (χ4n) is 1.71. The van der Waals surface area contributed by atoms with Crippen LogP contribution in [0, 0.1) is 0 Å². The van der Waals surface area contributed by atoms with Crippen LogP contribution in [0.2, 0.25) is 0 Å². The summed E-state index contributed by atoms with van der Waals surface area (Å²) < 4.78 is 1.05. The van der Waals surface area contributed by atoms with Gasteiger partial charge in [-0.05, 0) is 48.0 Å². The van der Waals surface area contributed by atoms with Gasteiger partial charge in [-0.1, -0.05) is 6.42 Å². The highest BCUT2D eigenvalue weighted by atomic mass is 79.9. The Morgan fingerprint density at radius 1 is 1.50 bits per heavy atom. The molecule has 0 atom stereocenters. The molecule has 2 rings (SSSR count). The maximum Gasteiger partial charge on any atom is 0.0544 e. The van der Waals surface area contributed by atoms with Crippen LogP contribution in [0.1, 0.15) is 25.0 Å². The van der Waals surface area contributed by atoms with Crippen LogP contribution in [-0.4, -0.2) is 23.0 Å². The third-order valence-electron chi connectivity index (χ3n) is 2.90. The van der Waals surface area contributed by atoms with Gasteiger partial charge in [-0.2, -0.15) is 0 Å². The molecule has 0 bridgehead atoms. The maximum absolute atomic E-state index is 4.37. The Balaban J connectivity index is 1.92. The van der Waals surface area contributed by atoms with Gasteiger partial charge >= 0.3 is 0 Å². The molecule has 2 nitrogen and oxygen atoms in total. The lowest BCUT2D eigenvalue weighted by Crippen LogP contribution is -2.36. The van der Waals surface area contributed by atoms with Gasteiger partial charge in [0.25, 0.3) is 0 Å². The molecular formula is C11H15BrN2. The molecule has 0 saturated heterocycles. The lowest BCUT2D eigenvalue weighted by atomic mass is 9.92. The van der Waals surface area contributed by atoms with E-state index in [1.807, 2.05) is 6.20 Å². The topological polar surface area (TPSA) is 16.1 Å². The Morgan fingerprint density at radius 3 is 2.79 bits per heavy atom. The molecule has 3 heteroatoms. The van der Waals surface area contributed by atoms with E-state index >= 15 is 0 Å². The first-order chi connectivity index (χ1) is 6.75. The number of halogens is 1. The smallest absolute Gasteiger partial charge is 0.0544 e. The summed E-state index contributed by atoms with van der Waals surface area (Å²) in [7, 11) is 2.19. The van der Waals surface area contributed by atoms with Gasteiger partial charge in [-0.15, -0.1) is 0 Å². The molecule has 0 N–H and O–H groups in total. The maximum atomic E-state index is 4.37. The lowest BCUT2D eigenvalue weighted by Gasteiger charge is -2.34. The minimum absolute atomic E-state index is 0.792. The predicted molar refractivity (Wildman–Crippen MR) is 61.0 cm³/mol. The number of rotatable bonds is 3. The number of aromatic nitrogens is 1. The van der Waals surface area contributed by atoms with E-state index < -0.39 is 0 Å². The van der Waals surface area contributed by atoms with E-state index in [0.29, 0.717) is 0 Å². The molecule has 1 saturated carbocycles. The summed E-state index contributed by atoms with van der Waals surface area (Å²) in [5.74, 6) is 0. The third kappa shape index (κ3) is 2.34. The SMILES string of the molecule is CN(Cc1ccc(Br)cn1)C1CCC1. The largest absolute Gasteiger partial charge is 0.298 e. The van der Waals surface area contributed by atoms with Gasteiger partial charge in [-0.3, -0.25) is 9.88 Å². The van der Waals surface area contributed by atoms with E-state index in [1.165, 1.54) is 19.3 Å². The van der Waals surface area contributed by atoms with Gasteiger partial charge in [-0.25, -0.2) is 0 Å². The Morgan fingerprint density at radius 2 is 2.29 bits per heavy atom. The summed E-state index contributed by atoms with van der Waals surface area (Å²) in [6.07, 6.45) is 5.97. The van der Waals surface area contributed by atoms with Gasteiger partial charge in [0.15, 0.2) is 0 Å². The summed E-state index contributed by atoms with van der Waals surface area (Å²) in [5.41, 5.74) is 1.16. The second kappa shape index (κ2) is 4.41. The predicted octanol–water partition coefficient (Wildman–Crippen LogP) is 2.83. The molecular weight excluding hydrogens is 240 g/mol. The normalized spacial score (nSPS) is 17.1. The number of nitrogens with zero attached hydrogens (tertiary/aromatic N) is 2. The van der Waals surface area contributed by atoms with Gasteiger partial charge < -0.3 is 0 Å². The van der Waals surface area contributed by atoms with Crippen LogP contribution in [0.15, 0.2) is 22.8 Å². The van der Waals surface area contributed by atoms with E-state index in [1.54, 1.807) is 0 Å². The fraction of sp³-hybridized carbons (Fsp3) is 0.545. The molecule has 1 heterocycles. The zero-order chi connectivity index (χ0) is 9.97. The van der Waals surface area contributed by atoms with Crippen molar-refractivity contribution in [2.45, 2.75) is 31.8 Å². The van der Waals surface area contributed by atoms with Crippen molar-refractivity contribution in [2.75, 3.05) is 7.05 Å². The van der Waals surface area contributed by atoms with Crippen LogP contribution >= 0.6 is 15.9 Å². The number of hydrogen-bond donors (Lipinski definition) is 0. The number of hydrogen-bond acceptors (Lipinski definition) is 2. The first-order valence-electron chi connectivity index (χ1n) is 5.06. The van der Waals surface area contributed by atoms with E-state index in [0.717, 1.165) is 22.8 Å². The number of pyridine rings is 1. The molecule has 0 aromatic carbocycles. The fourth-order valence-corrected chi connectivity index (χ4v) is 1.95. The zero-order valence-electron chi connectivity index (χ0n) is 8.41. The van der Waals surface area contributed by atoms with Crippen molar-refractivity contribution in [1.29, 1.82) is 0 Å². The molecule has 1 fully saturated rings. The molecule has 0 unspecified atom stereocenters. The average Bonchev–Trinajstić information content (AvgIpc) is 2.06. The molecule has 1 aromatic rings. The minimum Gasteiger partial charge on any atom is -0.298 e. The van der Waals surface area contributed by atoms with Gasteiger partial charge in [0.1, 0.15) is 0 Å². The zero-order valence-corrected chi connectivity index (χ0v) is 10.00. The Hall–Kier alpha value is -0.410. The molecule has 1 aliphatic carbocycles. The van der Waals surface area contributed by atoms with E-state index in [9.17, 15) is 0 Å². The van der Waals surface area contributed by atoms with Crippen molar-refractivity contribution in [3.05, 3.63) is 28.5 Å².